The topological polar surface area (TPSA) is 104 Å². The van der Waals surface area contributed by atoms with Crippen LogP contribution in [0, 0.1) is 0 Å². The molecule has 0 spiro atoms. The molecule has 0 aliphatic carbocycles. The van der Waals surface area contributed by atoms with Gasteiger partial charge in [0.1, 0.15) is 12.7 Å². The van der Waals surface area contributed by atoms with Crippen molar-refractivity contribution in [1.29, 1.82) is 0 Å². The Morgan fingerprint density at radius 3 is 2.71 bits per heavy atom. The van der Waals surface area contributed by atoms with E-state index in [4.69, 9.17) is 5.73 Å². The van der Waals surface area contributed by atoms with Gasteiger partial charge in [-0.2, -0.15) is 12.4 Å². The summed E-state index contributed by atoms with van der Waals surface area (Å²) in [5, 5.41) is 0. The molecule has 2 aromatic rings. The van der Waals surface area contributed by atoms with E-state index in [0.717, 1.165) is 12.7 Å². The summed E-state index contributed by atoms with van der Waals surface area (Å²) < 4.78 is 34.1. The molecule has 2 rings (SSSR count). The summed E-state index contributed by atoms with van der Waals surface area (Å²) >= 11 is 0. The maximum absolute atomic E-state index is 12.6. The zero-order chi connectivity index (χ0) is 10.3. The lowest BCUT2D eigenvalue weighted by Gasteiger charge is -1.95. The number of halogens is 1. The number of rotatable bonds is 1. The summed E-state index contributed by atoms with van der Waals surface area (Å²) in [4.78, 5) is 10.7. The highest BCUT2D eigenvalue weighted by Crippen LogP contribution is 2.16. The van der Waals surface area contributed by atoms with Gasteiger partial charge in [-0.05, 0) is 0 Å². The van der Waals surface area contributed by atoms with Crippen LogP contribution in [-0.4, -0.2) is 27.3 Å². The molecular formula is C5H4FN5O2S. The van der Waals surface area contributed by atoms with Gasteiger partial charge in [0.2, 0.25) is 0 Å². The molecule has 74 valence electrons. The van der Waals surface area contributed by atoms with E-state index in [2.05, 4.69) is 15.0 Å². The fourth-order valence-corrected chi connectivity index (χ4v) is 1.49. The van der Waals surface area contributed by atoms with Gasteiger partial charge in [-0.3, -0.25) is 0 Å². The number of fused-ring (bicyclic) bond motifs is 1. The summed E-state index contributed by atoms with van der Waals surface area (Å²) in [5.74, 6) is -0.00241. The Labute approximate surface area is 77.8 Å². The number of nitrogens with zero attached hydrogens (tertiary/aromatic N) is 4. The largest absolute Gasteiger partial charge is 0.405 e. The van der Waals surface area contributed by atoms with Crippen LogP contribution in [0.1, 0.15) is 0 Å². The van der Waals surface area contributed by atoms with Crippen LogP contribution in [0.5, 0.6) is 0 Å². The minimum atomic E-state index is -4.89. The van der Waals surface area contributed by atoms with Gasteiger partial charge in [-0.1, -0.05) is 3.89 Å². The first kappa shape index (κ1) is 8.81. The predicted octanol–water partition coefficient (Wildman–Crippen LogP) is -0.529. The molecule has 0 amide bonds. The number of hydrogen-bond donors (Lipinski definition) is 1. The minimum absolute atomic E-state index is 0.00241. The SMILES string of the molecule is Nc1ncnc2c1ncn2S(=O)(=O)F. The molecule has 0 saturated heterocycles. The van der Waals surface area contributed by atoms with Crippen molar-refractivity contribution in [1.82, 2.24) is 18.9 Å². The first-order valence-corrected chi connectivity index (χ1v) is 4.73. The summed E-state index contributed by atoms with van der Waals surface area (Å²) in [5.41, 5.74) is 5.24. The smallest absolute Gasteiger partial charge is 0.382 e. The Morgan fingerprint density at radius 2 is 2.07 bits per heavy atom. The second-order valence-corrected chi connectivity index (χ2v) is 3.63. The summed E-state index contributed by atoms with van der Waals surface area (Å²) in [7, 11) is -4.89. The van der Waals surface area contributed by atoms with Crippen LogP contribution in [-0.2, 0) is 10.4 Å². The Bertz CT molecular complexity index is 591. The van der Waals surface area contributed by atoms with Crippen LogP contribution in [0.15, 0.2) is 12.7 Å². The number of imidazole rings is 1. The lowest BCUT2D eigenvalue weighted by Crippen LogP contribution is -2.05. The van der Waals surface area contributed by atoms with Crippen molar-refractivity contribution in [3.63, 3.8) is 0 Å². The molecule has 9 heteroatoms. The Balaban J connectivity index is 2.90. The minimum Gasteiger partial charge on any atom is -0.382 e. The van der Waals surface area contributed by atoms with Crippen molar-refractivity contribution < 1.29 is 12.3 Å². The Morgan fingerprint density at radius 1 is 1.36 bits per heavy atom. The van der Waals surface area contributed by atoms with Crippen molar-refractivity contribution in [3.8, 4) is 0 Å². The highest BCUT2D eigenvalue weighted by atomic mass is 32.3. The van der Waals surface area contributed by atoms with Crippen LogP contribution in [0.4, 0.5) is 9.70 Å². The maximum atomic E-state index is 12.6. The normalized spacial score (nSPS) is 12.1. The van der Waals surface area contributed by atoms with Crippen LogP contribution < -0.4 is 5.73 Å². The van der Waals surface area contributed by atoms with E-state index in [1.54, 1.807) is 0 Å². The quantitative estimate of drug-likeness (QED) is 0.644. The average molecular weight is 217 g/mol. The van der Waals surface area contributed by atoms with Crippen molar-refractivity contribution in [2.45, 2.75) is 0 Å². The lowest BCUT2D eigenvalue weighted by molar-refractivity contribution is 0.542. The molecule has 0 atom stereocenters. The van der Waals surface area contributed by atoms with Crippen LogP contribution >= 0.6 is 0 Å². The molecular weight excluding hydrogens is 213 g/mol. The van der Waals surface area contributed by atoms with Crippen molar-refractivity contribution in [2.75, 3.05) is 5.73 Å². The second-order valence-electron chi connectivity index (χ2n) is 2.41. The first-order chi connectivity index (χ1) is 6.50. The summed E-state index contributed by atoms with van der Waals surface area (Å²) in [6.07, 6.45) is 1.81. The van der Waals surface area contributed by atoms with Crippen LogP contribution in [0.2, 0.25) is 0 Å². The standard InChI is InChI=1S/C5H4FN5O2S/c6-14(12,13)11-2-10-3-4(7)8-1-9-5(3)11/h1-2H,(H2,7,8,9). The second kappa shape index (κ2) is 2.61. The zero-order valence-corrected chi connectivity index (χ0v) is 7.44. The molecule has 0 aromatic carbocycles. The highest BCUT2D eigenvalue weighted by Gasteiger charge is 2.17. The molecule has 2 aromatic heterocycles. The van der Waals surface area contributed by atoms with Gasteiger partial charge >= 0.3 is 10.4 Å². The fraction of sp³-hybridized carbons (Fsp3) is 0. The van der Waals surface area contributed by atoms with E-state index in [1.807, 2.05) is 0 Å². The van der Waals surface area contributed by atoms with Crippen molar-refractivity contribution in [2.24, 2.45) is 0 Å². The van der Waals surface area contributed by atoms with E-state index in [-0.39, 0.29) is 17.0 Å². The summed E-state index contributed by atoms with van der Waals surface area (Å²) in [6.45, 7) is 0. The number of nitrogen functional groups attached to an aromatic ring is 1. The molecule has 14 heavy (non-hydrogen) atoms. The molecule has 0 fully saturated rings. The molecule has 0 aliphatic rings. The van der Waals surface area contributed by atoms with Gasteiger partial charge in [-0.15, -0.1) is 0 Å². The van der Waals surface area contributed by atoms with E-state index in [1.165, 1.54) is 0 Å². The van der Waals surface area contributed by atoms with Gasteiger partial charge in [0, 0.05) is 0 Å². The molecule has 0 saturated carbocycles. The van der Waals surface area contributed by atoms with E-state index in [0.29, 0.717) is 3.97 Å². The summed E-state index contributed by atoms with van der Waals surface area (Å²) in [6, 6.07) is 0. The number of anilines is 1. The predicted molar refractivity (Wildman–Crippen MR) is 45.2 cm³/mol. The molecule has 0 radical (unpaired) electrons. The fourth-order valence-electron chi connectivity index (χ4n) is 0.992. The first-order valence-electron chi connectivity index (χ1n) is 3.39. The van der Waals surface area contributed by atoms with Crippen molar-refractivity contribution >= 4 is 27.4 Å². The third-order valence-corrected chi connectivity index (χ3v) is 2.30. The number of hydrogen-bond acceptors (Lipinski definition) is 6. The number of nitrogens with two attached hydrogens (primary N) is 1. The Hall–Kier alpha value is -1.77. The lowest BCUT2D eigenvalue weighted by atomic mass is 10.5. The number of aromatic nitrogens is 4. The van der Waals surface area contributed by atoms with Gasteiger partial charge in [-0.25, -0.2) is 15.0 Å². The van der Waals surface area contributed by atoms with Gasteiger partial charge in [0.05, 0.1) is 0 Å². The van der Waals surface area contributed by atoms with E-state index >= 15 is 0 Å². The van der Waals surface area contributed by atoms with Gasteiger partial charge in [0.15, 0.2) is 17.0 Å². The third-order valence-electron chi connectivity index (χ3n) is 1.57. The molecule has 0 aliphatic heterocycles. The van der Waals surface area contributed by atoms with E-state index < -0.39 is 10.4 Å². The molecule has 0 unspecified atom stereocenters. The molecule has 0 bridgehead atoms. The highest BCUT2D eigenvalue weighted by molar-refractivity contribution is 7.84. The molecule has 2 N–H and O–H groups in total. The molecule has 7 nitrogen and oxygen atoms in total. The zero-order valence-electron chi connectivity index (χ0n) is 6.62. The third kappa shape index (κ3) is 1.18. The monoisotopic (exact) mass is 217 g/mol. The van der Waals surface area contributed by atoms with Crippen LogP contribution in [0.3, 0.4) is 0 Å². The van der Waals surface area contributed by atoms with Gasteiger partial charge < -0.3 is 5.73 Å². The molecule has 2 heterocycles. The van der Waals surface area contributed by atoms with E-state index in [9.17, 15) is 12.3 Å². The Kier molecular flexibility index (Phi) is 1.64. The van der Waals surface area contributed by atoms with Crippen LogP contribution in [0.25, 0.3) is 11.2 Å². The van der Waals surface area contributed by atoms with Crippen molar-refractivity contribution in [3.05, 3.63) is 12.7 Å². The van der Waals surface area contributed by atoms with Gasteiger partial charge in [0.25, 0.3) is 0 Å². The maximum Gasteiger partial charge on any atom is 0.405 e. The average Bonchev–Trinajstić information content (AvgIpc) is 2.47.